The molecule has 0 fully saturated rings. The van der Waals surface area contributed by atoms with Crippen molar-refractivity contribution in [1.82, 2.24) is 0 Å². The highest BCUT2D eigenvalue weighted by Crippen LogP contribution is 2.25. The summed E-state index contributed by atoms with van der Waals surface area (Å²) in [6.07, 6.45) is 3.48. The van der Waals surface area contributed by atoms with E-state index >= 15 is 0 Å². The maximum atomic E-state index is 13.2. The molecule has 0 saturated carbocycles. The number of nitrogens with one attached hydrogen (secondary N) is 1. The predicted molar refractivity (Wildman–Crippen MR) is 157 cm³/mol. The Morgan fingerprint density at radius 2 is 1.52 bits per heavy atom. The van der Waals surface area contributed by atoms with E-state index in [4.69, 9.17) is 20.1 Å². The summed E-state index contributed by atoms with van der Waals surface area (Å²) in [5.74, 6) is 3.09. The van der Waals surface area contributed by atoms with Crippen LogP contribution in [0.15, 0.2) is 24.3 Å². The molecule has 0 aliphatic heterocycles. The lowest BCUT2D eigenvalue weighted by molar-refractivity contribution is -0.754. The van der Waals surface area contributed by atoms with Crippen molar-refractivity contribution in [2.45, 2.75) is 90.4 Å². The van der Waals surface area contributed by atoms with E-state index in [-0.39, 0.29) is 11.6 Å². The van der Waals surface area contributed by atoms with E-state index in [1.54, 1.807) is 34.6 Å². The number of carbonyl (C=O) groups excluding carboxylic acids is 4. The first kappa shape index (κ1) is 38.4. The van der Waals surface area contributed by atoms with E-state index in [0.717, 1.165) is 25.7 Å². The zero-order valence-electron chi connectivity index (χ0n) is 26.1. The molecule has 248 valence electrons. The number of unbranched alkanes of at least 4 members (excludes halogenated alkanes) is 3. The van der Waals surface area contributed by atoms with E-state index in [9.17, 15) is 29.3 Å². The van der Waals surface area contributed by atoms with Crippen LogP contribution in [0.1, 0.15) is 73.1 Å². The fourth-order valence-electron chi connectivity index (χ4n) is 3.95. The zero-order chi connectivity index (χ0) is 33.2. The van der Waals surface area contributed by atoms with Gasteiger partial charge in [-0.2, -0.15) is 0 Å². The monoisotopic (exact) mass is 627 g/mol. The van der Waals surface area contributed by atoms with Gasteiger partial charge in [0.1, 0.15) is 17.5 Å². The molecule has 1 aromatic carbocycles. The number of carbonyl (C=O) groups is 4. The number of nitrogens with zero attached hydrogens (tertiary/aromatic N) is 1. The van der Waals surface area contributed by atoms with Crippen LogP contribution in [0, 0.1) is 10.1 Å². The maximum absolute atomic E-state index is 13.2. The number of nitrogens with two attached hydrogens (primary N) is 1. The molecule has 0 aliphatic carbocycles. The van der Waals surface area contributed by atoms with E-state index < -0.39 is 47.5 Å². The summed E-state index contributed by atoms with van der Waals surface area (Å²) in [5.41, 5.74) is -2.12. The third-order valence-corrected chi connectivity index (χ3v) is 6.26. The second-order valence-electron chi connectivity index (χ2n) is 10.9. The molecule has 0 radical (unpaired) electrons. The highest BCUT2D eigenvalue weighted by atomic mass is 17.0. The van der Waals surface area contributed by atoms with Crippen LogP contribution in [0.5, 0.6) is 5.75 Å². The van der Waals surface area contributed by atoms with Gasteiger partial charge < -0.3 is 33.9 Å². The Kier molecular flexibility index (Phi) is 17.1. The molecule has 0 saturated heterocycles. The summed E-state index contributed by atoms with van der Waals surface area (Å²) in [4.78, 5) is 67.7. The number of esters is 1. The first-order valence-electron chi connectivity index (χ1n) is 14.3. The van der Waals surface area contributed by atoms with E-state index in [1.807, 2.05) is 0 Å². The molecule has 1 rings (SSSR count). The summed E-state index contributed by atoms with van der Waals surface area (Å²) in [7, 11) is 0. The predicted octanol–water partition coefficient (Wildman–Crippen LogP) is 3.10. The minimum absolute atomic E-state index is 0.101. The third-order valence-electron chi connectivity index (χ3n) is 6.26. The normalized spacial score (nSPS) is 12.2. The van der Waals surface area contributed by atoms with Crippen LogP contribution < -0.4 is 16.0 Å². The van der Waals surface area contributed by atoms with Crippen molar-refractivity contribution in [2.24, 2.45) is 5.90 Å². The number of amides is 1. The van der Waals surface area contributed by atoms with Gasteiger partial charge in [0.25, 0.3) is 11.0 Å². The first-order chi connectivity index (χ1) is 20.7. The minimum atomic E-state index is -1.30. The van der Waals surface area contributed by atoms with Gasteiger partial charge >= 0.3 is 5.97 Å². The minimum Gasteiger partial charge on any atom is -0.480 e. The number of ketones is 2. The second kappa shape index (κ2) is 19.6. The molecule has 1 atom stereocenters. The number of hydrogen-bond acceptors (Lipinski definition) is 13. The average Bonchev–Trinajstić information content (AvgIpc) is 2.96. The lowest BCUT2D eigenvalue weighted by Crippen LogP contribution is -2.48. The number of ether oxygens (including phenoxy) is 4. The summed E-state index contributed by atoms with van der Waals surface area (Å²) in [5, 5.41) is 11.4. The summed E-state index contributed by atoms with van der Waals surface area (Å²) in [6, 6.07) is 6.08. The van der Waals surface area contributed by atoms with Crippen LogP contribution in [0.4, 0.5) is 5.69 Å². The number of rotatable bonds is 24. The van der Waals surface area contributed by atoms with Crippen molar-refractivity contribution in [3.05, 3.63) is 34.4 Å². The quantitative estimate of drug-likeness (QED) is 0.0732. The van der Waals surface area contributed by atoms with Gasteiger partial charge in [0, 0.05) is 25.3 Å². The van der Waals surface area contributed by atoms with Crippen LogP contribution in [-0.4, -0.2) is 78.9 Å². The van der Waals surface area contributed by atoms with Gasteiger partial charge in [0.2, 0.25) is 5.78 Å². The second-order valence-corrected chi connectivity index (χ2v) is 10.9. The molecular weight excluding hydrogens is 582 g/mol. The molecule has 1 amide bonds. The largest absolute Gasteiger partial charge is 0.480 e. The van der Waals surface area contributed by atoms with Gasteiger partial charge in [0.15, 0.2) is 24.6 Å². The Labute approximate surface area is 257 Å². The lowest BCUT2D eigenvalue weighted by Gasteiger charge is -2.32. The molecule has 0 spiro atoms. The van der Waals surface area contributed by atoms with Gasteiger partial charge in [0.05, 0.1) is 6.61 Å². The molecule has 0 aliphatic rings. The fraction of sp³-hybridized carbons (Fsp3) is 0.655. The Morgan fingerprint density at radius 3 is 2.14 bits per heavy atom. The smallest absolute Gasteiger partial charge is 0.332 e. The van der Waals surface area contributed by atoms with Crippen molar-refractivity contribution >= 4 is 29.1 Å². The average molecular weight is 628 g/mol. The Hall–Kier alpha value is -3.66. The number of Topliss-reactive ketones (excluding diaryl/α,β-unsaturated/α-hetero) is 2. The Balaban J connectivity index is 2.48. The van der Waals surface area contributed by atoms with E-state index in [0.29, 0.717) is 44.1 Å². The van der Waals surface area contributed by atoms with Crippen molar-refractivity contribution in [2.75, 3.05) is 38.4 Å². The molecule has 1 unspecified atom stereocenters. The summed E-state index contributed by atoms with van der Waals surface area (Å²) < 4.78 is 21.9. The first-order valence-corrected chi connectivity index (χ1v) is 14.3. The molecule has 15 heteroatoms. The van der Waals surface area contributed by atoms with E-state index in [2.05, 4.69) is 19.7 Å². The lowest BCUT2D eigenvalue weighted by atomic mass is 9.95. The topological polar surface area (TPSA) is 205 Å². The van der Waals surface area contributed by atoms with Crippen LogP contribution in [0.25, 0.3) is 0 Å². The molecular formula is C29H45N3O12. The molecule has 0 heterocycles. The van der Waals surface area contributed by atoms with Gasteiger partial charge in [-0.15, -0.1) is 10.1 Å². The van der Waals surface area contributed by atoms with Crippen LogP contribution in [0.3, 0.4) is 0 Å². The van der Waals surface area contributed by atoms with Gasteiger partial charge in [-0.3, -0.25) is 14.4 Å². The molecule has 44 heavy (non-hydrogen) atoms. The zero-order valence-corrected chi connectivity index (χ0v) is 26.1. The van der Waals surface area contributed by atoms with Crippen molar-refractivity contribution in [3.8, 4) is 5.75 Å². The standard InChI is InChI=1S/C29H45N3O12/c1-21(43-28(2,3)24(33)11-7-6-8-16-39-17-9-10-18-41-30)27(36)29(4,5)44-23-14-12-22(13-15-23)31-25(34)19-40-26(35)20-42-32(37)38/h12-15,21H,6-11,16-20,30H2,1-5H3,(H,31,34). The molecule has 0 aromatic heterocycles. The SMILES string of the molecule is CC(OC(C)(C)C(=O)CCCCCOCCCCON)C(=O)C(C)(C)Oc1ccc(NC(=O)COC(=O)CO[N+](=O)[O-])cc1. The number of benzene rings is 1. The highest BCUT2D eigenvalue weighted by Gasteiger charge is 2.39. The van der Waals surface area contributed by atoms with Gasteiger partial charge in [-0.25, -0.2) is 10.7 Å². The highest BCUT2D eigenvalue weighted by molar-refractivity contribution is 5.93. The molecule has 0 bridgehead atoms. The fourth-order valence-corrected chi connectivity index (χ4v) is 3.95. The molecule has 15 nitrogen and oxygen atoms in total. The third kappa shape index (κ3) is 15.7. The summed E-state index contributed by atoms with van der Waals surface area (Å²) >= 11 is 0. The van der Waals surface area contributed by atoms with Crippen molar-refractivity contribution in [1.29, 1.82) is 0 Å². The van der Waals surface area contributed by atoms with E-state index in [1.165, 1.54) is 24.3 Å². The van der Waals surface area contributed by atoms with Crippen molar-refractivity contribution < 1.29 is 52.9 Å². The molecule has 1 aromatic rings. The Bertz CT molecular complexity index is 1080. The van der Waals surface area contributed by atoms with Crippen LogP contribution in [-0.2, 0) is 43.1 Å². The van der Waals surface area contributed by atoms with Crippen LogP contribution >= 0.6 is 0 Å². The molecule has 3 N–H and O–H groups in total. The summed E-state index contributed by atoms with van der Waals surface area (Å²) in [6.45, 7) is 8.23. The maximum Gasteiger partial charge on any atom is 0.332 e. The van der Waals surface area contributed by atoms with Gasteiger partial charge in [-0.05, 0) is 84.6 Å². The number of hydrogen-bond donors (Lipinski definition) is 2. The van der Waals surface area contributed by atoms with Gasteiger partial charge in [-0.1, -0.05) is 6.42 Å². The van der Waals surface area contributed by atoms with Crippen LogP contribution in [0.2, 0.25) is 0 Å². The van der Waals surface area contributed by atoms with Crippen molar-refractivity contribution in [3.63, 3.8) is 0 Å². The number of anilines is 1. The Morgan fingerprint density at radius 1 is 0.909 bits per heavy atom.